The number of primary amides is 1. The van der Waals surface area contributed by atoms with Crippen LogP contribution in [0.5, 0.6) is 0 Å². The largest absolute Gasteiger partial charge is 0.364 e. The number of amides is 2. The Morgan fingerprint density at radius 3 is 2.52 bits per heavy atom. The number of benzene rings is 1. The van der Waals surface area contributed by atoms with Crippen LogP contribution < -0.4 is 11.3 Å². The second kappa shape index (κ2) is 7.13. The van der Waals surface area contributed by atoms with Crippen LogP contribution in [0.25, 0.3) is 10.8 Å². The zero-order chi connectivity index (χ0) is 19.0. The lowest BCUT2D eigenvalue weighted by Crippen LogP contribution is -2.47. The molecule has 2 aliphatic rings. The molecule has 27 heavy (non-hydrogen) atoms. The van der Waals surface area contributed by atoms with E-state index < -0.39 is 5.91 Å². The van der Waals surface area contributed by atoms with Crippen LogP contribution in [0, 0.1) is 11.8 Å². The lowest BCUT2D eigenvalue weighted by Gasteiger charge is -2.41. The first-order chi connectivity index (χ1) is 13.0. The summed E-state index contributed by atoms with van der Waals surface area (Å²) in [6.45, 7) is 1.32. The highest BCUT2D eigenvalue weighted by Crippen LogP contribution is 2.36. The van der Waals surface area contributed by atoms with Crippen molar-refractivity contribution in [1.29, 1.82) is 0 Å². The van der Waals surface area contributed by atoms with Crippen LogP contribution in [0.2, 0.25) is 0 Å². The molecule has 0 bridgehead atoms. The van der Waals surface area contributed by atoms with Crippen molar-refractivity contribution in [1.82, 2.24) is 14.7 Å². The van der Waals surface area contributed by atoms with Crippen molar-refractivity contribution in [3.8, 4) is 0 Å². The number of aromatic nitrogens is 2. The Morgan fingerprint density at radius 2 is 1.78 bits per heavy atom. The van der Waals surface area contributed by atoms with Crippen molar-refractivity contribution in [3.05, 3.63) is 40.3 Å². The molecule has 0 spiro atoms. The Bertz CT molecular complexity index is 952. The van der Waals surface area contributed by atoms with E-state index in [1.165, 1.54) is 25.7 Å². The fraction of sp³-hybridized carbons (Fsp3) is 0.500. The topological polar surface area (TPSA) is 98.3 Å². The van der Waals surface area contributed by atoms with E-state index in [9.17, 15) is 14.4 Å². The molecule has 2 N–H and O–H groups in total. The van der Waals surface area contributed by atoms with Gasteiger partial charge >= 0.3 is 0 Å². The average molecular weight is 368 g/mol. The van der Waals surface area contributed by atoms with Crippen molar-refractivity contribution in [3.63, 3.8) is 0 Å². The molecule has 2 heterocycles. The lowest BCUT2D eigenvalue weighted by atomic mass is 9.75. The van der Waals surface area contributed by atoms with Gasteiger partial charge in [0.1, 0.15) is 6.54 Å². The number of hydrogen-bond donors (Lipinski definition) is 1. The zero-order valence-corrected chi connectivity index (χ0v) is 15.3. The molecule has 1 aliphatic carbocycles. The highest BCUT2D eigenvalue weighted by atomic mass is 16.2. The van der Waals surface area contributed by atoms with Crippen LogP contribution in [0.3, 0.4) is 0 Å². The van der Waals surface area contributed by atoms with Crippen LogP contribution in [-0.2, 0) is 11.3 Å². The van der Waals surface area contributed by atoms with Crippen molar-refractivity contribution >= 4 is 22.6 Å². The number of hydrogen-bond acceptors (Lipinski definition) is 4. The van der Waals surface area contributed by atoms with Gasteiger partial charge < -0.3 is 10.6 Å². The number of nitrogens with two attached hydrogens (primary N) is 1. The van der Waals surface area contributed by atoms with E-state index in [-0.39, 0.29) is 23.7 Å². The summed E-state index contributed by atoms with van der Waals surface area (Å²) in [6, 6.07) is 6.71. The Hall–Kier alpha value is -2.70. The van der Waals surface area contributed by atoms with Gasteiger partial charge in [-0.2, -0.15) is 5.10 Å². The smallest absolute Gasteiger partial charge is 0.275 e. The number of piperidine rings is 1. The van der Waals surface area contributed by atoms with E-state index in [2.05, 4.69) is 5.10 Å². The van der Waals surface area contributed by atoms with Gasteiger partial charge in [-0.15, -0.1) is 0 Å². The molecule has 1 saturated carbocycles. The van der Waals surface area contributed by atoms with Gasteiger partial charge in [0.15, 0.2) is 5.69 Å². The number of likely N-dealkylation sites (tertiary alicyclic amines) is 1. The maximum absolute atomic E-state index is 12.8. The van der Waals surface area contributed by atoms with Crippen LogP contribution >= 0.6 is 0 Å². The maximum atomic E-state index is 12.8. The molecule has 4 rings (SSSR count). The molecule has 2 aromatic rings. The predicted molar refractivity (Wildman–Crippen MR) is 101 cm³/mol. The number of nitrogens with zero attached hydrogens (tertiary/aromatic N) is 3. The molecular formula is C20H24N4O3. The minimum Gasteiger partial charge on any atom is -0.364 e. The standard InChI is InChI=1S/C20H24N4O3/c21-19(26)18-15-7-3-4-8-16(15)20(27)24(22-18)12-17(25)23-10-9-13-5-1-2-6-14(13)11-23/h3-4,7-8,13-14H,1-2,5-6,9-12H2,(H2,21,26)/t13-,14+/m0/s1. The highest BCUT2D eigenvalue weighted by molar-refractivity contribution is 6.04. The van der Waals surface area contributed by atoms with Crippen LogP contribution in [0.15, 0.2) is 29.1 Å². The summed E-state index contributed by atoms with van der Waals surface area (Å²) in [4.78, 5) is 39.2. The van der Waals surface area contributed by atoms with Crippen molar-refractivity contribution in [2.75, 3.05) is 13.1 Å². The third-order valence-electron chi connectivity index (χ3n) is 6.03. The van der Waals surface area contributed by atoms with Gasteiger partial charge in [-0.3, -0.25) is 14.4 Å². The molecule has 0 radical (unpaired) electrons. The summed E-state index contributed by atoms with van der Waals surface area (Å²) in [5.41, 5.74) is 5.07. The first-order valence-corrected chi connectivity index (χ1v) is 9.62. The molecule has 1 saturated heterocycles. The first kappa shape index (κ1) is 17.7. The number of carbonyl (C=O) groups excluding carboxylic acids is 2. The summed E-state index contributed by atoms with van der Waals surface area (Å²) in [5, 5.41) is 4.86. The minimum absolute atomic E-state index is 0.0176. The van der Waals surface area contributed by atoms with Gasteiger partial charge in [0, 0.05) is 18.5 Å². The normalized spacial score (nSPS) is 22.4. The van der Waals surface area contributed by atoms with Gasteiger partial charge in [0.25, 0.3) is 11.5 Å². The van der Waals surface area contributed by atoms with E-state index in [0.717, 1.165) is 30.1 Å². The predicted octanol–water partition coefficient (Wildman–Crippen LogP) is 1.53. The SMILES string of the molecule is NC(=O)c1nn(CC(=O)N2CC[C@@H]3CCCC[C@@H]3C2)c(=O)c2ccccc12. The summed E-state index contributed by atoms with van der Waals surface area (Å²) in [7, 11) is 0. The van der Waals surface area contributed by atoms with E-state index in [1.807, 2.05) is 4.90 Å². The molecule has 2 fully saturated rings. The molecule has 1 aromatic carbocycles. The average Bonchev–Trinajstić information content (AvgIpc) is 2.69. The fourth-order valence-electron chi connectivity index (χ4n) is 4.58. The van der Waals surface area contributed by atoms with Crippen LogP contribution in [-0.4, -0.2) is 39.6 Å². The van der Waals surface area contributed by atoms with Crippen LogP contribution in [0.4, 0.5) is 0 Å². The molecule has 142 valence electrons. The third kappa shape index (κ3) is 3.34. The Labute approximate surface area is 157 Å². The van der Waals surface area contributed by atoms with Gasteiger partial charge in [-0.05, 0) is 30.7 Å². The minimum atomic E-state index is -0.713. The Morgan fingerprint density at radius 1 is 1.07 bits per heavy atom. The van der Waals surface area contributed by atoms with Gasteiger partial charge in [-0.25, -0.2) is 4.68 Å². The summed E-state index contributed by atoms with van der Waals surface area (Å²) >= 11 is 0. The van der Waals surface area contributed by atoms with Gasteiger partial charge in [0.2, 0.25) is 5.91 Å². The molecule has 1 aliphatic heterocycles. The van der Waals surface area contributed by atoms with Crippen molar-refractivity contribution in [2.24, 2.45) is 17.6 Å². The number of carbonyl (C=O) groups is 2. The van der Waals surface area contributed by atoms with Crippen LogP contribution in [0.1, 0.15) is 42.6 Å². The first-order valence-electron chi connectivity index (χ1n) is 9.62. The number of fused-ring (bicyclic) bond motifs is 2. The number of rotatable bonds is 3. The van der Waals surface area contributed by atoms with E-state index in [0.29, 0.717) is 16.7 Å². The van der Waals surface area contributed by atoms with E-state index in [4.69, 9.17) is 5.73 Å². The monoisotopic (exact) mass is 368 g/mol. The fourth-order valence-corrected chi connectivity index (χ4v) is 4.58. The molecular weight excluding hydrogens is 344 g/mol. The molecule has 2 amide bonds. The Balaban J connectivity index is 1.59. The van der Waals surface area contributed by atoms with Crippen molar-refractivity contribution in [2.45, 2.75) is 38.6 Å². The summed E-state index contributed by atoms with van der Waals surface area (Å²) < 4.78 is 1.08. The molecule has 7 nitrogen and oxygen atoms in total. The lowest BCUT2D eigenvalue weighted by molar-refractivity contribution is -0.135. The molecule has 2 atom stereocenters. The van der Waals surface area contributed by atoms with E-state index >= 15 is 0 Å². The third-order valence-corrected chi connectivity index (χ3v) is 6.03. The van der Waals surface area contributed by atoms with Crippen molar-refractivity contribution < 1.29 is 9.59 Å². The maximum Gasteiger partial charge on any atom is 0.275 e. The quantitative estimate of drug-likeness (QED) is 0.888. The molecule has 1 aromatic heterocycles. The molecule has 7 heteroatoms. The van der Waals surface area contributed by atoms with Gasteiger partial charge in [0.05, 0.1) is 5.39 Å². The molecule has 0 unspecified atom stereocenters. The highest BCUT2D eigenvalue weighted by Gasteiger charge is 2.33. The second-order valence-corrected chi connectivity index (χ2v) is 7.65. The summed E-state index contributed by atoms with van der Waals surface area (Å²) in [5.74, 6) is 0.458. The second-order valence-electron chi connectivity index (χ2n) is 7.65. The van der Waals surface area contributed by atoms with Gasteiger partial charge in [-0.1, -0.05) is 37.5 Å². The zero-order valence-electron chi connectivity index (χ0n) is 15.3. The summed E-state index contributed by atoms with van der Waals surface area (Å²) in [6.07, 6.45) is 6.00. The van der Waals surface area contributed by atoms with E-state index in [1.54, 1.807) is 24.3 Å². The Kier molecular flexibility index (Phi) is 4.68.